The number of thioether (sulfide) groups is 1. The summed E-state index contributed by atoms with van der Waals surface area (Å²) >= 11 is 2.82. The van der Waals surface area contributed by atoms with Crippen LogP contribution in [0.4, 0.5) is 0 Å². The SMILES string of the molecule is CC(Sc1nnc(-c2ccc[nH]2)o1)c1nc2scc(-c3ccccc3)c2c(=O)[nH]1. The zero-order valence-electron chi connectivity index (χ0n) is 15.2. The second-order valence-electron chi connectivity index (χ2n) is 6.36. The lowest BCUT2D eigenvalue weighted by molar-refractivity contribution is 0.463. The Hall–Kier alpha value is -3.17. The van der Waals surface area contributed by atoms with Crippen molar-refractivity contribution in [1.82, 2.24) is 25.1 Å². The number of nitrogens with zero attached hydrogens (tertiary/aromatic N) is 3. The highest BCUT2D eigenvalue weighted by Gasteiger charge is 2.19. The van der Waals surface area contributed by atoms with E-state index in [2.05, 4.69) is 25.1 Å². The fourth-order valence-electron chi connectivity index (χ4n) is 3.02. The number of hydrogen-bond donors (Lipinski definition) is 2. The van der Waals surface area contributed by atoms with Crippen molar-refractivity contribution in [2.75, 3.05) is 0 Å². The molecule has 1 atom stereocenters. The Balaban J connectivity index is 1.44. The number of nitrogens with one attached hydrogen (secondary N) is 2. The van der Waals surface area contributed by atoms with Crippen molar-refractivity contribution in [3.05, 3.63) is 70.2 Å². The Labute approximate surface area is 173 Å². The van der Waals surface area contributed by atoms with E-state index in [0.29, 0.717) is 27.2 Å². The molecule has 5 aromatic rings. The summed E-state index contributed by atoms with van der Waals surface area (Å²) in [7, 11) is 0. The molecule has 0 saturated heterocycles. The topological polar surface area (TPSA) is 100 Å². The molecule has 0 aliphatic heterocycles. The summed E-state index contributed by atoms with van der Waals surface area (Å²) in [4.78, 5) is 24.2. The molecule has 9 heteroatoms. The van der Waals surface area contributed by atoms with Gasteiger partial charge in [-0.1, -0.05) is 42.1 Å². The van der Waals surface area contributed by atoms with Gasteiger partial charge in [0, 0.05) is 17.1 Å². The van der Waals surface area contributed by atoms with Gasteiger partial charge < -0.3 is 14.4 Å². The van der Waals surface area contributed by atoms with Gasteiger partial charge in [0.1, 0.15) is 16.3 Å². The number of hydrogen-bond acceptors (Lipinski definition) is 7. The van der Waals surface area contributed by atoms with Gasteiger partial charge in [0.2, 0.25) is 0 Å². The minimum atomic E-state index is -0.161. The van der Waals surface area contributed by atoms with Crippen LogP contribution in [0.15, 0.2) is 68.5 Å². The van der Waals surface area contributed by atoms with Gasteiger partial charge in [0.25, 0.3) is 16.7 Å². The fraction of sp³-hybridized carbons (Fsp3) is 0.100. The molecular weight excluding hydrogens is 406 g/mol. The van der Waals surface area contributed by atoms with Gasteiger partial charge in [-0.2, -0.15) is 0 Å². The van der Waals surface area contributed by atoms with E-state index in [0.717, 1.165) is 16.8 Å². The number of aromatic amines is 2. The molecule has 1 aromatic carbocycles. The van der Waals surface area contributed by atoms with Crippen LogP contribution in [-0.4, -0.2) is 25.1 Å². The van der Waals surface area contributed by atoms with Crippen molar-refractivity contribution >= 4 is 33.3 Å². The fourth-order valence-corrected chi connectivity index (χ4v) is 4.72. The van der Waals surface area contributed by atoms with Crippen molar-refractivity contribution in [2.24, 2.45) is 0 Å². The van der Waals surface area contributed by atoms with E-state index in [1.54, 1.807) is 6.20 Å². The van der Waals surface area contributed by atoms with Crippen LogP contribution in [0, 0.1) is 0 Å². The molecular formula is C20H15N5O2S2. The van der Waals surface area contributed by atoms with Crippen LogP contribution in [0.3, 0.4) is 0 Å². The van der Waals surface area contributed by atoms with E-state index >= 15 is 0 Å². The molecule has 4 heterocycles. The number of thiophene rings is 1. The Bertz CT molecular complexity index is 1320. The summed E-state index contributed by atoms with van der Waals surface area (Å²) in [5.74, 6) is 1.00. The average molecular weight is 422 g/mol. The molecule has 144 valence electrons. The molecule has 0 aliphatic carbocycles. The smallest absolute Gasteiger partial charge is 0.277 e. The summed E-state index contributed by atoms with van der Waals surface area (Å²) in [6, 6.07) is 13.6. The van der Waals surface area contributed by atoms with Crippen LogP contribution in [0.2, 0.25) is 0 Å². The van der Waals surface area contributed by atoms with Gasteiger partial charge in [-0.25, -0.2) is 4.98 Å². The van der Waals surface area contributed by atoms with E-state index in [1.165, 1.54) is 23.1 Å². The third-order valence-electron chi connectivity index (χ3n) is 4.44. The van der Waals surface area contributed by atoms with Crippen molar-refractivity contribution in [1.29, 1.82) is 0 Å². The minimum absolute atomic E-state index is 0.143. The third-order valence-corrected chi connectivity index (χ3v) is 6.26. The Morgan fingerprint density at radius 1 is 1.14 bits per heavy atom. The molecule has 0 amide bonds. The maximum Gasteiger partial charge on any atom is 0.277 e. The number of benzene rings is 1. The summed E-state index contributed by atoms with van der Waals surface area (Å²) in [5, 5.41) is 11.0. The average Bonchev–Trinajstić information content (AvgIpc) is 3.49. The van der Waals surface area contributed by atoms with Gasteiger partial charge in [-0.05, 0) is 24.6 Å². The lowest BCUT2D eigenvalue weighted by atomic mass is 10.1. The third kappa shape index (κ3) is 3.39. The summed E-state index contributed by atoms with van der Waals surface area (Å²) in [5.41, 5.74) is 2.52. The molecule has 7 nitrogen and oxygen atoms in total. The van der Waals surface area contributed by atoms with Crippen molar-refractivity contribution in [3.63, 3.8) is 0 Å². The Kier molecular flexibility index (Phi) is 4.53. The molecule has 0 radical (unpaired) electrons. The first-order chi connectivity index (χ1) is 14.2. The Morgan fingerprint density at radius 2 is 2.00 bits per heavy atom. The number of fused-ring (bicyclic) bond motifs is 1. The monoisotopic (exact) mass is 421 g/mol. The van der Waals surface area contributed by atoms with Crippen molar-refractivity contribution in [2.45, 2.75) is 17.4 Å². The van der Waals surface area contributed by atoms with Crippen molar-refractivity contribution < 1.29 is 4.42 Å². The van der Waals surface area contributed by atoms with Gasteiger partial charge in [0.15, 0.2) is 0 Å². The van der Waals surface area contributed by atoms with E-state index < -0.39 is 0 Å². The summed E-state index contributed by atoms with van der Waals surface area (Å²) in [6.07, 6.45) is 1.80. The predicted octanol–water partition coefficient (Wildman–Crippen LogP) is 4.88. The molecule has 0 aliphatic rings. The molecule has 0 saturated carbocycles. The van der Waals surface area contributed by atoms with Crippen LogP contribution in [0.25, 0.3) is 32.9 Å². The van der Waals surface area contributed by atoms with Gasteiger partial charge in [-0.15, -0.1) is 21.5 Å². The van der Waals surface area contributed by atoms with Gasteiger partial charge in [0.05, 0.1) is 10.6 Å². The van der Waals surface area contributed by atoms with E-state index in [9.17, 15) is 4.79 Å². The zero-order valence-corrected chi connectivity index (χ0v) is 16.9. The van der Waals surface area contributed by atoms with Crippen LogP contribution < -0.4 is 5.56 Å². The maximum absolute atomic E-state index is 12.8. The second kappa shape index (κ2) is 7.34. The molecule has 1 unspecified atom stereocenters. The van der Waals surface area contributed by atoms with Crippen LogP contribution in [-0.2, 0) is 0 Å². The highest BCUT2D eigenvalue weighted by molar-refractivity contribution is 7.99. The molecule has 0 fully saturated rings. The van der Waals surface area contributed by atoms with Gasteiger partial charge >= 0.3 is 0 Å². The Morgan fingerprint density at radius 3 is 2.79 bits per heavy atom. The lowest BCUT2D eigenvalue weighted by Crippen LogP contribution is -2.12. The van der Waals surface area contributed by atoms with Crippen LogP contribution >= 0.6 is 23.1 Å². The van der Waals surface area contributed by atoms with E-state index in [-0.39, 0.29) is 10.8 Å². The molecule has 2 N–H and O–H groups in total. The zero-order chi connectivity index (χ0) is 19.8. The number of aromatic nitrogens is 5. The first-order valence-corrected chi connectivity index (χ1v) is 10.7. The van der Waals surface area contributed by atoms with E-state index in [4.69, 9.17) is 4.42 Å². The summed E-state index contributed by atoms with van der Waals surface area (Å²) < 4.78 is 5.69. The first-order valence-electron chi connectivity index (χ1n) is 8.90. The van der Waals surface area contributed by atoms with Crippen LogP contribution in [0.5, 0.6) is 0 Å². The van der Waals surface area contributed by atoms with E-state index in [1.807, 2.05) is 54.8 Å². The highest BCUT2D eigenvalue weighted by Crippen LogP contribution is 2.35. The van der Waals surface area contributed by atoms with Crippen molar-refractivity contribution in [3.8, 4) is 22.7 Å². The van der Waals surface area contributed by atoms with Gasteiger partial charge in [-0.3, -0.25) is 4.79 Å². The molecule has 0 bridgehead atoms. The molecule has 0 spiro atoms. The first kappa shape index (κ1) is 17.9. The highest BCUT2D eigenvalue weighted by atomic mass is 32.2. The molecule has 5 rings (SSSR count). The lowest BCUT2D eigenvalue weighted by Gasteiger charge is -2.07. The quantitative estimate of drug-likeness (QED) is 0.392. The normalized spacial score (nSPS) is 12.4. The van der Waals surface area contributed by atoms with Crippen LogP contribution in [0.1, 0.15) is 18.0 Å². The standard InChI is InChI=1S/C20H15N5O2S2/c1-11(29-20-25-24-18(27-20)14-8-5-9-21-14)16-22-17(26)15-13(10-28-19(15)23-16)12-6-3-2-4-7-12/h2-11,21H,1H3,(H,22,23,26). The summed E-state index contributed by atoms with van der Waals surface area (Å²) in [6.45, 7) is 1.94. The molecule has 29 heavy (non-hydrogen) atoms. The minimum Gasteiger partial charge on any atom is -0.410 e. The number of H-pyrrole nitrogens is 2. The second-order valence-corrected chi connectivity index (χ2v) is 8.51. The molecule has 4 aromatic heterocycles. The number of rotatable bonds is 5. The predicted molar refractivity (Wildman–Crippen MR) is 114 cm³/mol. The maximum atomic E-state index is 12.8. The largest absolute Gasteiger partial charge is 0.410 e.